The van der Waals surface area contributed by atoms with Crippen LogP contribution in [0.1, 0.15) is 43.2 Å². The van der Waals surface area contributed by atoms with Gasteiger partial charge in [-0.25, -0.2) is 13.1 Å². The van der Waals surface area contributed by atoms with E-state index in [1.807, 2.05) is 6.07 Å². The lowest BCUT2D eigenvalue weighted by Gasteiger charge is -2.16. The van der Waals surface area contributed by atoms with Crippen molar-refractivity contribution >= 4 is 27.8 Å². The maximum atomic E-state index is 12.4. The van der Waals surface area contributed by atoms with Gasteiger partial charge in [0, 0.05) is 19.5 Å². The number of hydrogen-bond donors (Lipinski definition) is 1. The molecular formula is C19H24N2O6S. The zero-order chi connectivity index (χ0) is 20.1. The molecule has 0 spiro atoms. The third kappa shape index (κ3) is 4.96. The van der Waals surface area contributed by atoms with Crippen molar-refractivity contribution in [2.45, 2.75) is 49.8 Å². The van der Waals surface area contributed by atoms with E-state index in [1.54, 1.807) is 12.1 Å². The van der Waals surface area contributed by atoms with E-state index in [0.29, 0.717) is 19.4 Å². The summed E-state index contributed by atoms with van der Waals surface area (Å²) in [5, 5.41) is 0. The summed E-state index contributed by atoms with van der Waals surface area (Å²) >= 11 is 0. The average molecular weight is 408 g/mol. The molecule has 0 atom stereocenters. The highest BCUT2D eigenvalue weighted by Gasteiger charge is 2.27. The predicted molar refractivity (Wildman–Crippen MR) is 99.8 cm³/mol. The Hall–Kier alpha value is -2.26. The van der Waals surface area contributed by atoms with Crippen molar-refractivity contribution in [1.82, 2.24) is 9.62 Å². The van der Waals surface area contributed by atoms with E-state index >= 15 is 0 Å². The van der Waals surface area contributed by atoms with Crippen LogP contribution in [0.5, 0.6) is 0 Å². The number of likely N-dealkylation sites (tertiary alicyclic amines) is 1. The second kappa shape index (κ2) is 8.83. The van der Waals surface area contributed by atoms with Crippen LogP contribution in [-0.4, -0.2) is 50.8 Å². The quantitative estimate of drug-likeness (QED) is 0.672. The topological polar surface area (TPSA) is 110 Å². The minimum atomic E-state index is -3.72. The van der Waals surface area contributed by atoms with Gasteiger partial charge >= 0.3 is 5.97 Å². The number of amides is 2. The number of imide groups is 1. The lowest BCUT2D eigenvalue weighted by atomic mass is 9.92. The summed E-state index contributed by atoms with van der Waals surface area (Å²) in [5.74, 6) is -1.52. The Bertz CT molecular complexity index is 880. The van der Waals surface area contributed by atoms with Gasteiger partial charge in [0.05, 0.1) is 11.3 Å². The first-order valence-electron chi connectivity index (χ1n) is 9.47. The zero-order valence-corrected chi connectivity index (χ0v) is 16.4. The molecular weight excluding hydrogens is 384 g/mol. The van der Waals surface area contributed by atoms with Gasteiger partial charge in [0.2, 0.25) is 15.9 Å². The van der Waals surface area contributed by atoms with Crippen molar-refractivity contribution in [3.8, 4) is 0 Å². The molecule has 1 heterocycles. The number of ether oxygens (including phenoxy) is 1. The van der Waals surface area contributed by atoms with Gasteiger partial charge in [-0.2, -0.15) is 0 Å². The first-order valence-corrected chi connectivity index (χ1v) is 11.0. The van der Waals surface area contributed by atoms with Crippen molar-refractivity contribution in [3.05, 3.63) is 29.3 Å². The predicted octanol–water partition coefficient (Wildman–Crippen LogP) is 0.926. The molecule has 1 fully saturated rings. The van der Waals surface area contributed by atoms with E-state index in [1.165, 1.54) is 5.56 Å². The molecule has 0 aromatic heterocycles. The number of hydrogen-bond acceptors (Lipinski definition) is 6. The second-order valence-electron chi connectivity index (χ2n) is 6.99. The molecule has 3 rings (SSSR count). The van der Waals surface area contributed by atoms with Crippen LogP contribution in [0.4, 0.5) is 0 Å². The fourth-order valence-corrected chi connectivity index (χ4v) is 4.53. The molecule has 0 saturated carbocycles. The van der Waals surface area contributed by atoms with E-state index in [9.17, 15) is 22.8 Å². The highest BCUT2D eigenvalue weighted by Crippen LogP contribution is 2.24. The monoisotopic (exact) mass is 408 g/mol. The number of rotatable bonds is 7. The molecule has 1 aliphatic heterocycles. The summed E-state index contributed by atoms with van der Waals surface area (Å²) in [5.41, 5.74) is 2.25. The van der Waals surface area contributed by atoms with Crippen molar-refractivity contribution in [2.24, 2.45) is 0 Å². The normalized spacial score (nSPS) is 16.7. The van der Waals surface area contributed by atoms with E-state index in [0.717, 1.165) is 36.1 Å². The number of carbonyl (C=O) groups excluding carboxylic acids is 3. The molecule has 1 aliphatic carbocycles. The largest absolute Gasteiger partial charge is 0.456 e. The first kappa shape index (κ1) is 20.5. The zero-order valence-electron chi connectivity index (χ0n) is 15.6. The van der Waals surface area contributed by atoms with Gasteiger partial charge < -0.3 is 4.74 Å². The van der Waals surface area contributed by atoms with Gasteiger partial charge in [0.25, 0.3) is 5.91 Å². The lowest BCUT2D eigenvalue weighted by molar-refractivity contribution is -0.154. The summed E-state index contributed by atoms with van der Waals surface area (Å²) in [6, 6.07) is 5.12. The molecule has 2 aliphatic rings. The SMILES string of the molecule is O=C(CCNS(=O)(=O)c1ccc2c(c1)CCCC2)OCC(=O)N1CCCC1=O. The Labute approximate surface area is 164 Å². The number of fused-ring (bicyclic) bond motifs is 1. The highest BCUT2D eigenvalue weighted by molar-refractivity contribution is 7.89. The van der Waals surface area contributed by atoms with Gasteiger partial charge in [-0.1, -0.05) is 6.07 Å². The minimum Gasteiger partial charge on any atom is -0.456 e. The van der Waals surface area contributed by atoms with Crippen LogP contribution in [0, 0.1) is 0 Å². The van der Waals surface area contributed by atoms with Gasteiger partial charge in [-0.05, 0) is 55.4 Å². The van der Waals surface area contributed by atoms with Gasteiger partial charge in [0.15, 0.2) is 6.61 Å². The van der Waals surface area contributed by atoms with E-state index < -0.39 is 28.5 Å². The molecule has 0 radical (unpaired) electrons. The summed E-state index contributed by atoms with van der Waals surface area (Å²) in [6.45, 7) is -0.299. The fraction of sp³-hybridized carbons (Fsp3) is 0.526. The van der Waals surface area contributed by atoms with Crippen molar-refractivity contribution in [2.75, 3.05) is 19.7 Å². The van der Waals surface area contributed by atoms with E-state index in [2.05, 4.69) is 4.72 Å². The Morgan fingerprint density at radius 1 is 1.07 bits per heavy atom. The molecule has 8 nitrogen and oxygen atoms in total. The molecule has 0 bridgehead atoms. The van der Waals surface area contributed by atoms with Crippen LogP contribution in [0.25, 0.3) is 0 Å². The smallest absolute Gasteiger partial charge is 0.307 e. The molecule has 1 saturated heterocycles. The number of benzene rings is 1. The molecule has 0 unspecified atom stereocenters. The van der Waals surface area contributed by atoms with Crippen LogP contribution in [0.2, 0.25) is 0 Å². The lowest BCUT2D eigenvalue weighted by Crippen LogP contribution is -2.35. The Morgan fingerprint density at radius 3 is 2.54 bits per heavy atom. The summed E-state index contributed by atoms with van der Waals surface area (Å²) < 4.78 is 32.1. The number of nitrogens with one attached hydrogen (secondary N) is 1. The van der Waals surface area contributed by atoms with Crippen LogP contribution in [0.15, 0.2) is 23.1 Å². The minimum absolute atomic E-state index is 0.130. The molecule has 28 heavy (non-hydrogen) atoms. The molecule has 1 N–H and O–H groups in total. The summed E-state index contributed by atoms with van der Waals surface area (Å²) in [7, 11) is -3.72. The summed E-state index contributed by atoms with van der Waals surface area (Å²) in [6.07, 6.45) is 4.75. The third-order valence-electron chi connectivity index (χ3n) is 4.98. The van der Waals surface area contributed by atoms with Crippen LogP contribution >= 0.6 is 0 Å². The molecule has 152 valence electrons. The summed E-state index contributed by atoms with van der Waals surface area (Å²) in [4.78, 5) is 36.3. The van der Waals surface area contributed by atoms with E-state index in [-0.39, 0.29) is 23.8 Å². The number of nitrogens with zero attached hydrogens (tertiary/aromatic N) is 1. The van der Waals surface area contributed by atoms with E-state index in [4.69, 9.17) is 4.74 Å². The Kier molecular flexibility index (Phi) is 6.46. The van der Waals surface area contributed by atoms with Crippen molar-refractivity contribution in [3.63, 3.8) is 0 Å². The Balaban J connectivity index is 1.45. The maximum Gasteiger partial charge on any atom is 0.307 e. The highest BCUT2D eigenvalue weighted by atomic mass is 32.2. The molecule has 1 aromatic rings. The van der Waals surface area contributed by atoms with Gasteiger partial charge in [0.1, 0.15) is 0 Å². The van der Waals surface area contributed by atoms with Gasteiger partial charge in [-0.3, -0.25) is 19.3 Å². The molecule has 9 heteroatoms. The van der Waals surface area contributed by atoms with Crippen molar-refractivity contribution < 1.29 is 27.5 Å². The average Bonchev–Trinajstić information content (AvgIpc) is 3.11. The number of sulfonamides is 1. The van der Waals surface area contributed by atoms with Crippen LogP contribution in [-0.2, 0) is 42.0 Å². The standard InChI is InChI=1S/C19H24N2O6S/c22-17-6-3-11-21(17)18(23)13-27-19(24)9-10-20-28(25,26)16-8-7-14-4-1-2-5-15(14)12-16/h7-8,12,20H,1-6,9-11,13H2. The fourth-order valence-electron chi connectivity index (χ4n) is 3.45. The number of aryl methyl sites for hydroxylation is 2. The van der Waals surface area contributed by atoms with Gasteiger partial charge in [-0.15, -0.1) is 0 Å². The maximum absolute atomic E-state index is 12.4. The first-order chi connectivity index (χ1) is 13.4. The molecule has 1 aromatic carbocycles. The van der Waals surface area contributed by atoms with Crippen molar-refractivity contribution in [1.29, 1.82) is 0 Å². The second-order valence-corrected chi connectivity index (χ2v) is 8.76. The van der Waals surface area contributed by atoms with Crippen LogP contribution < -0.4 is 4.72 Å². The molecule has 2 amide bonds. The third-order valence-corrected chi connectivity index (χ3v) is 6.44. The van der Waals surface area contributed by atoms with Crippen LogP contribution in [0.3, 0.4) is 0 Å². The Morgan fingerprint density at radius 2 is 1.82 bits per heavy atom. The number of carbonyl (C=O) groups is 3. The number of esters is 1.